The van der Waals surface area contributed by atoms with Crippen molar-refractivity contribution in [1.29, 1.82) is 0 Å². The van der Waals surface area contributed by atoms with E-state index in [1.54, 1.807) is 30.3 Å². The Hall–Kier alpha value is -3.89. The molecule has 4 aromatic carbocycles. The van der Waals surface area contributed by atoms with Crippen molar-refractivity contribution in [3.63, 3.8) is 0 Å². The molecule has 1 N–H and O–H groups in total. The first-order valence-corrected chi connectivity index (χ1v) is 13.4. The number of nitrogens with one attached hydrogen (secondary N) is 1. The summed E-state index contributed by atoms with van der Waals surface area (Å²) < 4.78 is 12.6. The summed E-state index contributed by atoms with van der Waals surface area (Å²) in [7, 11) is 1.52. The summed E-state index contributed by atoms with van der Waals surface area (Å²) in [6.07, 6.45) is 1.42. The van der Waals surface area contributed by atoms with E-state index in [0.717, 1.165) is 30.4 Å². The Morgan fingerprint density at radius 2 is 1.79 bits per heavy atom. The van der Waals surface area contributed by atoms with E-state index in [1.165, 1.54) is 19.3 Å². The number of amides is 4. The topological polar surface area (TPSA) is 84.9 Å². The predicted molar refractivity (Wildman–Crippen MR) is 159 cm³/mol. The summed E-state index contributed by atoms with van der Waals surface area (Å²) in [5.74, 6) is -0.559. The van der Waals surface area contributed by atoms with E-state index < -0.39 is 17.8 Å². The molecule has 1 heterocycles. The molecule has 5 rings (SSSR count). The van der Waals surface area contributed by atoms with Crippen LogP contribution in [0.15, 0.2) is 78.4 Å². The maximum absolute atomic E-state index is 13.2. The lowest BCUT2D eigenvalue weighted by atomic mass is 10.0. The number of ether oxygens (including phenoxy) is 2. The summed E-state index contributed by atoms with van der Waals surface area (Å²) >= 11 is 8.17. The number of anilines is 1. The second kappa shape index (κ2) is 11.1. The summed E-state index contributed by atoms with van der Waals surface area (Å²) in [5.41, 5.74) is 2.77. The van der Waals surface area contributed by atoms with Crippen molar-refractivity contribution in [2.24, 2.45) is 0 Å². The normalized spacial score (nSPS) is 14.6. The Morgan fingerprint density at radius 1 is 1.00 bits per heavy atom. The number of hydrogen-bond donors (Lipinski definition) is 1. The molecule has 39 heavy (non-hydrogen) atoms. The Kier molecular flexibility index (Phi) is 7.58. The molecular weight excluding hydrogens is 631 g/mol. The van der Waals surface area contributed by atoms with Crippen molar-refractivity contribution in [2.75, 3.05) is 12.0 Å². The van der Waals surface area contributed by atoms with Crippen LogP contribution in [-0.4, -0.2) is 25.0 Å². The van der Waals surface area contributed by atoms with Gasteiger partial charge in [-0.15, -0.1) is 0 Å². The molecule has 0 saturated carbocycles. The lowest BCUT2D eigenvalue weighted by molar-refractivity contribution is -0.122. The molecule has 0 aromatic heterocycles. The van der Waals surface area contributed by atoms with Crippen LogP contribution in [0.5, 0.6) is 11.5 Å². The quantitative estimate of drug-likeness (QED) is 0.143. The van der Waals surface area contributed by atoms with Crippen LogP contribution in [0.3, 0.4) is 0 Å². The number of fused-ring (bicyclic) bond motifs is 1. The van der Waals surface area contributed by atoms with Gasteiger partial charge in [-0.3, -0.25) is 14.9 Å². The first-order chi connectivity index (χ1) is 18.8. The van der Waals surface area contributed by atoms with E-state index in [4.69, 9.17) is 21.1 Å². The van der Waals surface area contributed by atoms with Crippen molar-refractivity contribution in [3.05, 3.63) is 104 Å². The molecule has 0 aliphatic carbocycles. The van der Waals surface area contributed by atoms with E-state index in [1.807, 2.05) is 19.1 Å². The number of nitrogens with zero attached hydrogens (tertiary/aromatic N) is 1. The molecule has 4 amide bonds. The van der Waals surface area contributed by atoms with Crippen LogP contribution in [0.1, 0.15) is 16.7 Å². The van der Waals surface area contributed by atoms with Crippen LogP contribution in [0, 0.1) is 10.5 Å². The number of halogens is 2. The minimum atomic E-state index is -0.843. The van der Waals surface area contributed by atoms with Gasteiger partial charge >= 0.3 is 6.03 Å². The monoisotopic (exact) mass is 652 g/mol. The number of rotatable bonds is 6. The Bertz CT molecular complexity index is 1680. The number of carbonyl (C=O) groups excluding carboxylic acids is 3. The van der Waals surface area contributed by atoms with Gasteiger partial charge in [0, 0.05) is 10.6 Å². The first kappa shape index (κ1) is 26.7. The van der Waals surface area contributed by atoms with Crippen molar-refractivity contribution < 1.29 is 23.9 Å². The maximum Gasteiger partial charge on any atom is 0.335 e. The second-order valence-corrected chi connectivity index (χ2v) is 10.4. The maximum atomic E-state index is 13.2. The molecule has 0 radical (unpaired) electrons. The number of aryl methyl sites for hydroxylation is 1. The molecule has 4 aromatic rings. The zero-order valence-electron chi connectivity index (χ0n) is 21.0. The Balaban J connectivity index is 1.46. The highest BCUT2D eigenvalue weighted by molar-refractivity contribution is 14.1. The number of urea groups is 1. The van der Waals surface area contributed by atoms with Gasteiger partial charge in [0.25, 0.3) is 11.8 Å². The summed E-state index contributed by atoms with van der Waals surface area (Å²) in [4.78, 5) is 39.2. The number of methoxy groups -OCH3 is 1. The molecule has 7 nitrogen and oxygen atoms in total. The van der Waals surface area contributed by atoms with Crippen LogP contribution in [0.2, 0.25) is 5.02 Å². The van der Waals surface area contributed by atoms with E-state index in [0.29, 0.717) is 28.7 Å². The molecule has 0 bridgehead atoms. The molecule has 0 atom stereocenters. The minimum absolute atomic E-state index is 0.201. The zero-order valence-corrected chi connectivity index (χ0v) is 23.9. The summed E-state index contributed by atoms with van der Waals surface area (Å²) in [6.45, 7) is 2.38. The zero-order chi connectivity index (χ0) is 27.7. The van der Waals surface area contributed by atoms with Gasteiger partial charge in [0.15, 0.2) is 11.5 Å². The molecule has 196 valence electrons. The van der Waals surface area contributed by atoms with E-state index in [9.17, 15) is 14.4 Å². The molecule has 9 heteroatoms. The fraction of sp³-hybridized carbons (Fsp3) is 0.100. The van der Waals surface area contributed by atoms with Gasteiger partial charge in [-0.25, -0.2) is 9.69 Å². The smallest absolute Gasteiger partial charge is 0.335 e. The molecule has 0 spiro atoms. The van der Waals surface area contributed by atoms with Gasteiger partial charge in [-0.2, -0.15) is 0 Å². The third kappa shape index (κ3) is 5.35. The van der Waals surface area contributed by atoms with Gasteiger partial charge in [-0.1, -0.05) is 54.1 Å². The average molecular weight is 653 g/mol. The highest BCUT2D eigenvalue weighted by Gasteiger charge is 2.37. The first-order valence-electron chi connectivity index (χ1n) is 11.9. The standard InChI is InChI=1S/C30H22ClIN2O5/c1-17-10-11-19-6-3-4-9-22(19)24(17)16-39-27-25(32)13-18(14-26(27)38-2)12-23-28(35)33-30(37)34(29(23)36)21-8-5-7-20(31)15-21/h3-15H,16H2,1-2H3,(H,33,35,37)/b23-12+. The number of barbiturate groups is 1. The predicted octanol–water partition coefficient (Wildman–Crippen LogP) is 6.66. The fourth-order valence-corrected chi connectivity index (χ4v) is 5.38. The van der Waals surface area contributed by atoms with Crippen LogP contribution >= 0.6 is 34.2 Å². The summed E-state index contributed by atoms with van der Waals surface area (Å²) in [6, 6.07) is 21.2. The van der Waals surface area contributed by atoms with Gasteiger partial charge in [0.2, 0.25) is 0 Å². The van der Waals surface area contributed by atoms with Gasteiger partial charge in [-0.05, 0) is 87.8 Å². The van der Waals surface area contributed by atoms with E-state index in [2.05, 4.69) is 52.2 Å². The number of hydrogen-bond acceptors (Lipinski definition) is 5. The average Bonchev–Trinajstić information content (AvgIpc) is 2.91. The van der Waals surface area contributed by atoms with Crippen molar-refractivity contribution in [2.45, 2.75) is 13.5 Å². The molecular formula is C30H22ClIN2O5. The third-order valence-corrected chi connectivity index (χ3v) is 7.40. The van der Waals surface area contributed by atoms with Gasteiger partial charge < -0.3 is 9.47 Å². The van der Waals surface area contributed by atoms with Crippen LogP contribution in [0.25, 0.3) is 16.8 Å². The van der Waals surface area contributed by atoms with Crippen molar-refractivity contribution in [3.8, 4) is 11.5 Å². The van der Waals surface area contributed by atoms with Crippen molar-refractivity contribution in [1.82, 2.24) is 5.32 Å². The van der Waals surface area contributed by atoms with E-state index >= 15 is 0 Å². The highest BCUT2D eigenvalue weighted by Crippen LogP contribution is 2.36. The van der Waals surface area contributed by atoms with E-state index in [-0.39, 0.29) is 11.3 Å². The lowest BCUT2D eigenvalue weighted by Gasteiger charge is -2.26. The van der Waals surface area contributed by atoms with Crippen LogP contribution in [0.4, 0.5) is 10.5 Å². The van der Waals surface area contributed by atoms with Gasteiger partial charge in [0.1, 0.15) is 12.2 Å². The van der Waals surface area contributed by atoms with Crippen LogP contribution < -0.4 is 19.7 Å². The molecule has 1 fully saturated rings. The Labute approximate surface area is 243 Å². The highest BCUT2D eigenvalue weighted by atomic mass is 127. The molecule has 1 aliphatic rings. The lowest BCUT2D eigenvalue weighted by Crippen LogP contribution is -2.54. The number of carbonyl (C=O) groups is 3. The van der Waals surface area contributed by atoms with Crippen molar-refractivity contribution >= 4 is 74.6 Å². The molecule has 1 saturated heterocycles. The summed E-state index contributed by atoms with van der Waals surface area (Å²) in [5, 5.41) is 4.82. The SMILES string of the molecule is COc1cc(/C=C2\C(=O)NC(=O)N(c3cccc(Cl)c3)C2=O)cc(I)c1OCc1c(C)ccc2ccccc12. The Morgan fingerprint density at radius 3 is 2.56 bits per heavy atom. The second-order valence-electron chi connectivity index (χ2n) is 8.84. The molecule has 1 aliphatic heterocycles. The fourth-order valence-electron chi connectivity index (χ4n) is 4.42. The molecule has 0 unspecified atom stereocenters. The number of imide groups is 2. The number of benzene rings is 4. The largest absolute Gasteiger partial charge is 0.493 e. The van der Waals surface area contributed by atoms with Crippen LogP contribution in [-0.2, 0) is 16.2 Å². The minimum Gasteiger partial charge on any atom is -0.493 e. The third-order valence-electron chi connectivity index (χ3n) is 6.37. The van der Waals surface area contributed by atoms with Gasteiger partial charge in [0.05, 0.1) is 16.4 Å².